The van der Waals surface area contributed by atoms with E-state index in [1.165, 1.54) is 0 Å². The van der Waals surface area contributed by atoms with Gasteiger partial charge in [-0.2, -0.15) is 0 Å². The molecule has 18 heavy (non-hydrogen) atoms. The summed E-state index contributed by atoms with van der Waals surface area (Å²) in [5.41, 5.74) is 2.16. The van der Waals surface area contributed by atoms with Crippen LogP contribution in [0.2, 0.25) is 0 Å². The van der Waals surface area contributed by atoms with Crippen molar-refractivity contribution in [3.63, 3.8) is 0 Å². The summed E-state index contributed by atoms with van der Waals surface area (Å²) in [6.45, 7) is 4.96. The molecule has 0 aromatic heterocycles. The Balaban J connectivity index is 2.31. The molecule has 100 valence electrons. The first-order valence-electron chi connectivity index (χ1n) is 6.21. The second-order valence-electron chi connectivity index (χ2n) is 4.25. The number of rotatable bonds is 7. The molecule has 0 saturated carbocycles. The molecule has 1 rings (SSSR count). The SMILES string of the molecule is Cc1cccc(C)c1OCCC(=O)NCCCO. The minimum absolute atomic E-state index is 0.0466. The Labute approximate surface area is 108 Å². The summed E-state index contributed by atoms with van der Waals surface area (Å²) in [7, 11) is 0. The summed E-state index contributed by atoms with van der Waals surface area (Å²) in [6.07, 6.45) is 0.919. The molecular formula is C14H21NO3. The Morgan fingerprint density at radius 1 is 1.33 bits per heavy atom. The molecule has 0 atom stereocenters. The number of hydrogen-bond donors (Lipinski definition) is 2. The Morgan fingerprint density at radius 3 is 2.61 bits per heavy atom. The summed E-state index contributed by atoms with van der Waals surface area (Å²) in [5, 5.41) is 11.3. The van der Waals surface area contributed by atoms with Gasteiger partial charge in [0.1, 0.15) is 5.75 Å². The first-order chi connectivity index (χ1) is 8.65. The van der Waals surface area contributed by atoms with Gasteiger partial charge in [0.05, 0.1) is 13.0 Å². The maximum absolute atomic E-state index is 11.4. The van der Waals surface area contributed by atoms with E-state index in [2.05, 4.69) is 5.32 Å². The molecule has 4 nitrogen and oxygen atoms in total. The second kappa shape index (κ2) is 7.71. The smallest absolute Gasteiger partial charge is 0.223 e. The normalized spacial score (nSPS) is 10.2. The van der Waals surface area contributed by atoms with E-state index in [4.69, 9.17) is 9.84 Å². The first-order valence-corrected chi connectivity index (χ1v) is 6.21. The quantitative estimate of drug-likeness (QED) is 0.723. The van der Waals surface area contributed by atoms with Crippen molar-refractivity contribution in [3.05, 3.63) is 29.3 Å². The Morgan fingerprint density at radius 2 is 2.00 bits per heavy atom. The Hall–Kier alpha value is -1.55. The van der Waals surface area contributed by atoms with Crippen molar-refractivity contribution in [2.24, 2.45) is 0 Å². The van der Waals surface area contributed by atoms with Crippen LogP contribution in [0.5, 0.6) is 5.75 Å². The lowest BCUT2D eigenvalue weighted by molar-refractivity contribution is -0.121. The molecule has 0 spiro atoms. The number of aliphatic hydroxyl groups excluding tert-OH is 1. The van der Waals surface area contributed by atoms with Crippen LogP contribution in [0.4, 0.5) is 0 Å². The molecule has 0 fully saturated rings. The van der Waals surface area contributed by atoms with Crippen LogP contribution in [-0.4, -0.2) is 30.8 Å². The van der Waals surface area contributed by atoms with Gasteiger partial charge in [-0.1, -0.05) is 18.2 Å². The zero-order chi connectivity index (χ0) is 13.4. The third kappa shape index (κ3) is 4.75. The van der Waals surface area contributed by atoms with Gasteiger partial charge in [-0.25, -0.2) is 0 Å². The zero-order valence-corrected chi connectivity index (χ0v) is 11.0. The van der Waals surface area contributed by atoms with Crippen LogP contribution in [0.15, 0.2) is 18.2 Å². The van der Waals surface area contributed by atoms with E-state index >= 15 is 0 Å². The minimum Gasteiger partial charge on any atom is -0.493 e. The fraction of sp³-hybridized carbons (Fsp3) is 0.500. The van der Waals surface area contributed by atoms with Crippen LogP contribution in [0, 0.1) is 13.8 Å². The lowest BCUT2D eigenvalue weighted by Gasteiger charge is -2.11. The van der Waals surface area contributed by atoms with Crippen molar-refractivity contribution in [3.8, 4) is 5.75 Å². The van der Waals surface area contributed by atoms with Gasteiger partial charge in [0.15, 0.2) is 0 Å². The number of carbonyl (C=O) groups is 1. The van der Waals surface area contributed by atoms with Gasteiger partial charge in [-0.05, 0) is 31.4 Å². The topological polar surface area (TPSA) is 58.6 Å². The maximum Gasteiger partial charge on any atom is 0.223 e. The van der Waals surface area contributed by atoms with E-state index in [0.29, 0.717) is 26.0 Å². The van der Waals surface area contributed by atoms with Gasteiger partial charge in [0, 0.05) is 13.2 Å². The standard InChI is InChI=1S/C14H21NO3/c1-11-5-3-6-12(2)14(11)18-10-7-13(17)15-8-4-9-16/h3,5-6,16H,4,7-10H2,1-2H3,(H,15,17). The third-order valence-electron chi connectivity index (χ3n) is 2.64. The molecule has 1 amide bonds. The number of hydrogen-bond acceptors (Lipinski definition) is 3. The number of carbonyl (C=O) groups excluding carboxylic acids is 1. The number of nitrogens with one attached hydrogen (secondary N) is 1. The molecule has 0 aliphatic heterocycles. The van der Waals surface area contributed by atoms with E-state index < -0.39 is 0 Å². The van der Waals surface area contributed by atoms with Crippen LogP contribution in [-0.2, 0) is 4.79 Å². The highest BCUT2D eigenvalue weighted by atomic mass is 16.5. The molecule has 0 unspecified atom stereocenters. The Bertz CT molecular complexity index is 370. The molecule has 0 radical (unpaired) electrons. The van der Waals surface area contributed by atoms with E-state index in [0.717, 1.165) is 16.9 Å². The predicted molar refractivity (Wildman–Crippen MR) is 70.7 cm³/mol. The number of para-hydroxylation sites is 1. The molecule has 1 aromatic carbocycles. The first kappa shape index (κ1) is 14.5. The number of ether oxygens (including phenoxy) is 1. The summed E-state index contributed by atoms with van der Waals surface area (Å²) in [4.78, 5) is 11.4. The van der Waals surface area contributed by atoms with Crippen molar-refractivity contribution in [2.75, 3.05) is 19.8 Å². The molecule has 2 N–H and O–H groups in total. The highest BCUT2D eigenvalue weighted by Gasteiger charge is 2.05. The van der Waals surface area contributed by atoms with Gasteiger partial charge in [-0.3, -0.25) is 4.79 Å². The van der Waals surface area contributed by atoms with Crippen LogP contribution < -0.4 is 10.1 Å². The molecule has 0 aliphatic carbocycles. The number of aliphatic hydroxyl groups is 1. The fourth-order valence-electron chi connectivity index (χ4n) is 1.67. The fourth-order valence-corrected chi connectivity index (χ4v) is 1.67. The molecule has 0 bridgehead atoms. The average Bonchev–Trinajstić information content (AvgIpc) is 2.33. The van der Waals surface area contributed by atoms with Crippen LogP contribution in [0.3, 0.4) is 0 Å². The number of amides is 1. The summed E-state index contributed by atoms with van der Waals surface area (Å²) < 4.78 is 5.63. The van der Waals surface area contributed by atoms with Gasteiger partial charge in [-0.15, -0.1) is 0 Å². The van der Waals surface area contributed by atoms with Gasteiger partial charge in [0.25, 0.3) is 0 Å². The van der Waals surface area contributed by atoms with E-state index in [1.54, 1.807) is 0 Å². The lowest BCUT2D eigenvalue weighted by atomic mass is 10.1. The summed E-state index contributed by atoms with van der Waals surface area (Å²) >= 11 is 0. The van der Waals surface area contributed by atoms with Gasteiger partial charge >= 0.3 is 0 Å². The Kier molecular flexibility index (Phi) is 6.22. The molecule has 4 heteroatoms. The second-order valence-corrected chi connectivity index (χ2v) is 4.25. The molecule has 1 aromatic rings. The molecular weight excluding hydrogens is 230 g/mol. The highest BCUT2D eigenvalue weighted by molar-refractivity contribution is 5.75. The van der Waals surface area contributed by atoms with Gasteiger partial charge < -0.3 is 15.2 Å². The van der Waals surface area contributed by atoms with Crippen molar-refractivity contribution < 1.29 is 14.6 Å². The number of aryl methyl sites for hydroxylation is 2. The molecule has 0 heterocycles. The highest BCUT2D eigenvalue weighted by Crippen LogP contribution is 2.22. The maximum atomic E-state index is 11.4. The van der Waals surface area contributed by atoms with Crippen LogP contribution >= 0.6 is 0 Å². The van der Waals surface area contributed by atoms with Crippen molar-refractivity contribution in [1.29, 1.82) is 0 Å². The summed E-state index contributed by atoms with van der Waals surface area (Å²) in [6, 6.07) is 5.96. The molecule has 0 saturated heterocycles. The summed E-state index contributed by atoms with van der Waals surface area (Å²) in [5.74, 6) is 0.815. The number of benzene rings is 1. The largest absolute Gasteiger partial charge is 0.493 e. The monoisotopic (exact) mass is 251 g/mol. The van der Waals surface area contributed by atoms with E-state index in [1.807, 2.05) is 32.0 Å². The van der Waals surface area contributed by atoms with Crippen molar-refractivity contribution >= 4 is 5.91 Å². The van der Waals surface area contributed by atoms with E-state index in [9.17, 15) is 4.79 Å². The van der Waals surface area contributed by atoms with Crippen LogP contribution in [0.1, 0.15) is 24.0 Å². The van der Waals surface area contributed by atoms with Crippen molar-refractivity contribution in [2.45, 2.75) is 26.7 Å². The van der Waals surface area contributed by atoms with E-state index in [-0.39, 0.29) is 12.5 Å². The van der Waals surface area contributed by atoms with Crippen molar-refractivity contribution in [1.82, 2.24) is 5.32 Å². The van der Waals surface area contributed by atoms with Crippen LogP contribution in [0.25, 0.3) is 0 Å². The zero-order valence-electron chi connectivity index (χ0n) is 11.0. The predicted octanol–water partition coefficient (Wildman–Crippen LogP) is 1.57. The average molecular weight is 251 g/mol. The minimum atomic E-state index is -0.0466. The van der Waals surface area contributed by atoms with Gasteiger partial charge in [0.2, 0.25) is 5.91 Å². The lowest BCUT2D eigenvalue weighted by Crippen LogP contribution is -2.26. The molecule has 0 aliphatic rings. The third-order valence-corrected chi connectivity index (χ3v) is 2.64.